The molecule has 3 N–H and O–H groups in total. The number of alkyl halides is 3. The first-order valence-corrected chi connectivity index (χ1v) is 11.4. The lowest BCUT2D eigenvalue weighted by atomic mass is 9.82. The number of unbranched alkanes of at least 4 members (excludes halogenated alkanes) is 3. The molecule has 0 amide bonds. The molecule has 0 atom stereocenters. The molecule has 1 aromatic heterocycles. The molecule has 0 unspecified atom stereocenters. The Bertz CT molecular complexity index is 846. The van der Waals surface area contributed by atoms with E-state index in [2.05, 4.69) is 25.8 Å². The highest BCUT2D eigenvalue weighted by Crippen LogP contribution is 2.42. The van der Waals surface area contributed by atoms with E-state index in [1.165, 1.54) is 12.3 Å². The van der Waals surface area contributed by atoms with Crippen LogP contribution in [0.3, 0.4) is 0 Å². The summed E-state index contributed by atoms with van der Waals surface area (Å²) in [5, 5.41) is 11.3. The van der Waals surface area contributed by atoms with Crippen LogP contribution in [-0.4, -0.2) is 10.1 Å². The van der Waals surface area contributed by atoms with E-state index in [4.69, 9.17) is 5.73 Å². The SMILES string of the molecule is CCCCc1c(O)c(CCCC)c(-c2ccc(C(F)(F)F)nc2)c(CCCC)c1CN. The molecule has 0 aliphatic heterocycles. The third-order valence-electron chi connectivity index (χ3n) is 5.79. The predicted molar refractivity (Wildman–Crippen MR) is 120 cm³/mol. The van der Waals surface area contributed by atoms with Crippen molar-refractivity contribution in [1.29, 1.82) is 0 Å². The molecule has 0 spiro atoms. The summed E-state index contributed by atoms with van der Waals surface area (Å²) in [5.41, 5.74) is 10.4. The zero-order valence-electron chi connectivity index (χ0n) is 18.9. The van der Waals surface area contributed by atoms with Crippen LogP contribution < -0.4 is 5.73 Å². The van der Waals surface area contributed by atoms with Gasteiger partial charge in [-0.25, -0.2) is 0 Å². The van der Waals surface area contributed by atoms with Crippen molar-refractivity contribution in [3.05, 3.63) is 46.3 Å². The van der Waals surface area contributed by atoms with E-state index >= 15 is 0 Å². The van der Waals surface area contributed by atoms with Crippen LogP contribution >= 0.6 is 0 Å². The predicted octanol–water partition coefficient (Wildman–Crippen LogP) is 6.96. The van der Waals surface area contributed by atoms with E-state index in [-0.39, 0.29) is 5.75 Å². The Kier molecular flexibility index (Phi) is 9.35. The summed E-state index contributed by atoms with van der Waals surface area (Å²) in [7, 11) is 0. The Morgan fingerprint density at radius 2 is 1.39 bits per heavy atom. The van der Waals surface area contributed by atoms with Gasteiger partial charge in [0.05, 0.1) is 0 Å². The van der Waals surface area contributed by atoms with Crippen molar-refractivity contribution in [2.75, 3.05) is 0 Å². The highest BCUT2D eigenvalue weighted by molar-refractivity contribution is 5.76. The maximum atomic E-state index is 13.0. The Morgan fingerprint density at radius 3 is 1.84 bits per heavy atom. The van der Waals surface area contributed by atoms with E-state index in [0.717, 1.165) is 85.3 Å². The monoisotopic (exact) mass is 436 g/mol. The molecule has 0 aliphatic rings. The lowest BCUT2D eigenvalue weighted by Crippen LogP contribution is -2.12. The Balaban J connectivity index is 2.79. The van der Waals surface area contributed by atoms with Crippen LogP contribution in [0.5, 0.6) is 5.75 Å². The van der Waals surface area contributed by atoms with Gasteiger partial charge in [-0.05, 0) is 66.8 Å². The van der Waals surface area contributed by atoms with Crippen LogP contribution in [0, 0.1) is 0 Å². The van der Waals surface area contributed by atoms with Crippen LogP contribution in [0.25, 0.3) is 11.1 Å². The molecule has 6 heteroatoms. The fourth-order valence-electron chi connectivity index (χ4n) is 4.11. The number of nitrogens with zero attached hydrogens (tertiary/aromatic N) is 1. The molecule has 0 saturated heterocycles. The van der Waals surface area contributed by atoms with Gasteiger partial charge >= 0.3 is 6.18 Å². The molecule has 0 radical (unpaired) electrons. The van der Waals surface area contributed by atoms with Gasteiger partial charge in [0.15, 0.2) is 0 Å². The third kappa shape index (κ3) is 6.00. The Hall–Kier alpha value is -2.08. The number of halogens is 3. The number of nitrogens with two attached hydrogens (primary N) is 1. The van der Waals surface area contributed by atoms with Crippen molar-refractivity contribution in [3.8, 4) is 16.9 Å². The van der Waals surface area contributed by atoms with E-state index in [1.807, 2.05) is 0 Å². The summed E-state index contributed by atoms with van der Waals surface area (Å²) < 4.78 is 39.1. The summed E-state index contributed by atoms with van der Waals surface area (Å²) in [6.07, 6.45) is 4.72. The van der Waals surface area contributed by atoms with Gasteiger partial charge in [-0.2, -0.15) is 13.2 Å². The van der Waals surface area contributed by atoms with Gasteiger partial charge in [-0.1, -0.05) is 46.1 Å². The molecule has 0 saturated carbocycles. The van der Waals surface area contributed by atoms with E-state index < -0.39 is 11.9 Å². The van der Waals surface area contributed by atoms with Gasteiger partial charge in [0.25, 0.3) is 0 Å². The largest absolute Gasteiger partial charge is 0.507 e. The number of phenols is 1. The molecule has 0 fully saturated rings. The fraction of sp³-hybridized carbons (Fsp3) is 0.560. The number of benzene rings is 1. The first-order chi connectivity index (χ1) is 14.8. The van der Waals surface area contributed by atoms with Crippen molar-refractivity contribution in [1.82, 2.24) is 4.98 Å². The second-order valence-corrected chi connectivity index (χ2v) is 8.08. The van der Waals surface area contributed by atoms with Gasteiger partial charge < -0.3 is 10.8 Å². The number of aromatic hydroxyl groups is 1. The minimum absolute atomic E-state index is 0.262. The standard InChI is InChI=1S/C25H35F3N2O/c1-4-7-10-18-21(15-29)19(11-8-5-2)24(31)20(12-9-6-3)23(18)17-13-14-22(30-16-17)25(26,27)28/h13-14,16,31H,4-12,15,29H2,1-3H3. The van der Waals surface area contributed by atoms with Crippen LogP contribution in [0.1, 0.15) is 87.2 Å². The lowest BCUT2D eigenvalue weighted by molar-refractivity contribution is -0.141. The second-order valence-electron chi connectivity index (χ2n) is 8.08. The van der Waals surface area contributed by atoms with Gasteiger partial charge in [0, 0.05) is 23.9 Å². The average molecular weight is 437 g/mol. The minimum Gasteiger partial charge on any atom is -0.507 e. The molecule has 172 valence electrons. The zero-order chi connectivity index (χ0) is 23.0. The summed E-state index contributed by atoms with van der Waals surface area (Å²) in [6, 6.07) is 2.49. The first kappa shape index (κ1) is 25.2. The molecule has 2 aromatic rings. The molecule has 1 aromatic carbocycles. The maximum absolute atomic E-state index is 13.0. The third-order valence-corrected chi connectivity index (χ3v) is 5.79. The van der Waals surface area contributed by atoms with Crippen molar-refractivity contribution >= 4 is 0 Å². The Labute approximate surface area is 183 Å². The molecule has 31 heavy (non-hydrogen) atoms. The fourth-order valence-corrected chi connectivity index (χ4v) is 4.11. The van der Waals surface area contributed by atoms with Crippen molar-refractivity contribution in [2.45, 2.75) is 91.3 Å². The highest BCUT2D eigenvalue weighted by atomic mass is 19.4. The van der Waals surface area contributed by atoms with E-state index in [1.54, 1.807) is 0 Å². The molecule has 0 bridgehead atoms. The number of aromatic nitrogens is 1. The number of phenolic OH excluding ortho intramolecular Hbond substituents is 1. The minimum atomic E-state index is -4.48. The summed E-state index contributed by atoms with van der Waals surface area (Å²) in [6.45, 7) is 6.59. The molecular weight excluding hydrogens is 401 g/mol. The zero-order valence-corrected chi connectivity index (χ0v) is 18.9. The van der Waals surface area contributed by atoms with E-state index in [0.29, 0.717) is 18.5 Å². The Morgan fingerprint density at radius 1 is 0.839 bits per heavy atom. The van der Waals surface area contributed by atoms with Crippen LogP contribution in [0.2, 0.25) is 0 Å². The van der Waals surface area contributed by atoms with Crippen molar-refractivity contribution in [3.63, 3.8) is 0 Å². The maximum Gasteiger partial charge on any atom is 0.433 e. The summed E-state index contributed by atoms with van der Waals surface area (Å²) in [4.78, 5) is 3.69. The van der Waals surface area contributed by atoms with E-state index in [9.17, 15) is 18.3 Å². The summed E-state index contributed by atoms with van der Waals surface area (Å²) >= 11 is 0. The van der Waals surface area contributed by atoms with Crippen molar-refractivity contribution in [2.24, 2.45) is 5.73 Å². The lowest BCUT2D eigenvalue weighted by Gasteiger charge is -2.24. The van der Waals surface area contributed by atoms with Gasteiger partial charge in [-0.3, -0.25) is 4.98 Å². The molecular formula is C25H35F3N2O. The van der Waals surface area contributed by atoms with Gasteiger partial charge in [0.2, 0.25) is 0 Å². The number of hydrogen-bond donors (Lipinski definition) is 2. The van der Waals surface area contributed by atoms with Crippen LogP contribution in [-0.2, 0) is 32.0 Å². The molecule has 0 aliphatic carbocycles. The van der Waals surface area contributed by atoms with Gasteiger partial charge in [-0.15, -0.1) is 0 Å². The van der Waals surface area contributed by atoms with Crippen molar-refractivity contribution < 1.29 is 18.3 Å². The normalized spacial score (nSPS) is 11.8. The molecule has 2 rings (SSSR count). The second kappa shape index (κ2) is 11.5. The topological polar surface area (TPSA) is 59.1 Å². The van der Waals surface area contributed by atoms with Crippen LogP contribution in [0.4, 0.5) is 13.2 Å². The number of pyridine rings is 1. The average Bonchev–Trinajstić information content (AvgIpc) is 2.75. The highest BCUT2D eigenvalue weighted by Gasteiger charge is 2.32. The smallest absolute Gasteiger partial charge is 0.433 e. The summed E-state index contributed by atoms with van der Waals surface area (Å²) in [5.74, 6) is 0.262. The molecule has 3 nitrogen and oxygen atoms in total. The van der Waals surface area contributed by atoms with Crippen LogP contribution in [0.15, 0.2) is 18.3 Å². The first-order valence-electron chi connectivity index (χ1n) is 11.4. The number of rotatable bonds is 11. The van der Waals surface area contributed by atoms with Gasteiger partial charge in [0.1, 0.15) is 11.4 Å². The molecule has 1 heterocycles. The quantitative estimate of drug-likeness (QED) is 0.400. The number of hydrogen-bond acceptors (Lipinski definition) is 3.